The fourth-order valence-electron chi connectivity index (χ4n) is 2.29. The highest BCUT2D eigenvalue weighted by Gasteiger charge is 2.27. The molecule has 1 aromatic rings. The molecule has 0 aromatic heterocycles. The second-order valence-electron chi connectivity index (χ2n) is 5.18. The first kappa shape index (κ1) is 15.7. The minimum absolute atomic E-state index is 0.0472. The van der Waals surface area contributed by atoms with E-state index in [-0.39, 0.29) is 11.8 Å². The van der Waals surface area contributed by atoms with E-state index in [1.54, 1.807) is 0 Å². The zero-order chi connectivity index (χ0) is 14.3. The highest BCUT2D eigenvalue weighted by atomic mass is 16.2. The molecule has 3 heteroatoms. The molecule has 2 atom stereocenters. The van der Waals surface area contributed by atoms with Crippen LogP contribution in [0.1, 0.15) is 38.2 Å². The first-order valence-corrected chi connectivity index (χ1v) is 7.11. The Hall–Kier alpha value is -1.35. The van der Waals surface area contributed by atoms with E-state index < -0.39 is 0 Å². The van der Waals surface area contributed by atoms with Gasteiger partial charge < -0.3 is 10.6 Å². The van der Waals surface area contributed by atoms with Crippen molar-refractivity contribution in [1.29, 1.82) is 0 Å². The number of nitrogens with two attached hydrogens (primary N) is 1. The van der Waals surface area contributed by atoms with Gasteiger partial charge in [-0.15, -0.1) is 0 Å². The average molecular weight is 262 g/mol. The van der Waals surface area contributed by atoms with Gasteiger partial charge in [0.05, 0.1) is 5.92 Å². The van der Waals surface area contributed by atoms with Crippen molar-refractivity contribution in [3.05, 3.63) is 35.9 Å². The molecule has 0 bridgehead atoms. The Morgan fingerprint density at radius 1 is 1.32 bits per heavy atom. The van der Waals surface area contributed by atoms with E-state index in [0.717, 1.165) is 24.9 Å². The highest BCUT2D eigenvalue weighted by molar-refractivity contribution is 5.83. The van der Waals surface area contributed by atoms with Gasteiger partial charge in [-0.2, -0.15) is 0 Å². The van der Waals surface area contributed by atoms with Crippen LogP contribution in [-0.4, -0.2) is 30.9 Å². The lowest BCUT2D eigenvalue weighted by Crippen LogP contribution is -2.35. The Balaban J connectivity index is 2.89. The van der Waals surface area contributed by atoms with Gasteiger partial charge in [-0.25, -0.2) is 0 Å². The van der Waals surface area contributed by atoms with E-state index in [4.69, 9.17) is 5.73 Å². The second kappa shape index (κ2) is 7.95. The van der Waals surface area contributed by atoms with Gasteiger partial charge in [-0.1, -0.05) is 50.6 Å². The topological polar surface area (TPSA) is 46.3 Å². The number of nitrogens with zero attached hydrogens (tertiary/aromatic N) is 1. The number of hydrogen-bond donors (Lipinski definition) is 1. The molecule has 3 nitrogen and oxygen atoms in total. The molecular weight excluding hydrogens is 236 g/mol. The Kier molecular flexibility index (Phi) is 6.57. The summed E-state index contributed by atoms with van der Waals surface area (Å²) in [6.07, 6.45) is 1.85. The van der Waals surface area contributed by atoms with Crippen molar-refractivity contribution in [2.45, 2.75) is 32.6 Å². The summed E-state index contributed by atoms with van der Waals surface area (Å²) >= 11 is 0. The smallest absolute Gasteiger partial charge is 0.230 e. The van der Waals surface area contributed by atoms with E-state index >= 15 is 0 Å². The van der Waals surface area contributed by atoms with Crippen LogP contribution in [0.5, 0.6) is 0 Å². The maximum Gasteiger partial charge on any atom is 0.230 e. The van der Waals surface area contributed by atoms with Crippen molar-refractivity contribution < 1.29 is 4.79 Å². The van der Waals surface area contributed by atoms with Crippen LogP contribution in [-0.2, 0) is 4.79 Å². The van der Waals surface area contributed by atoms with Crippen LogP contribution in [0.3, 0.4) is 0 Å². The summed E-state index contributed by atoms with van der Waals surface area (Å²) in [7, 11) is 1.87. The molecule has 0 radical (unpaired) electrons. The minimum Gasteiger partial charge on any atom is -0.345 e. The number of carbonyl (C=O) groups excluding carboxylic acids is 1. The normalized spacial score (nSPS) is 13.9. The summed E-state index contributed by atoms with van der Waals surface area (Å²) in [5.74, 6) is 0.498. The van der Waals surface area contributed by atoms with Crippen molar-refractivity contribution in [3.8, 4) is 0 Å². The molecule has 1 aromatic carbocycles. The molecular formula is C16H26N2O. The molecule has 0 saturated carbocycles. The maximum absolute atomic E-state index is 12.6. The van der Waals surface area contributed by atoms with Gasteiger partial charge in [0.1, 0.15) is 0 Å². The molecule has 0 spiro atoms. The van der Waals surface area contributed by atoms with Crippen LogP contribution in [0.2, 0.25) is 0 Å². The van der Waals surface area contributed by atoms with Gasteiger partial charge in [0, 0.05) is 13.6 Å². The lowest BCUT2D eigenvalue weighted by molar-refractivity contribution is -0.132. The summed E-state index contributed by atoms with van der Waals surface area (Å²) in [6, 6.07) is 10.1. The Bertz CT molecular complexity index is 378. The average Bonchev–Trinajstić information content (AvgIpc) is 2.45. The fraction of sp³-hybridized carbons (Fsp3) is 0.562. The van der Waals surface area contributed by atoms with Gasteiger partial charge in [0.2, 0.25) is 5.91 Å². The van der Waals surface area contributed by atoms with Crippen molar-refractivity contribution in [1.82, 2.24) is 4.90 Å². The fourth-order valence-corrected chi connectivity index (χ4v) is 2.29. The minimum atomic E-state index is -0.0472. The standard InChI is InChI=1S/C16H26N2O/c1-4-13(2)15(14-9-6-5-7-10-14)16(19)18(3)12-8-11-17/h5-7,9-10,13,15H,4,8,11-12,17H2,1-3H3. The Labute approximate surface area is 116 Å². The Morgan fingerprint density at radius 2 is 1.95 bits per heavy atom. The van der Waals surface area contributed by atoms with Crippen LogP contribution in [0.15, 0.2) is 30.3 Å². The number of hydrogen-bond acceptors (Lipinski definition) is 2. The van der Waals surface area contributed by atoms with Crippen LogP contribution in [0.25, 0.3) is 0 Å². The molecule has 0 saturated heterocycles. The number of benzene rings is 1. The summed E-state index contributed by atoms with van der Waals surface area (Å²) in [5, 5.41) is 0. The van der Waals surface area contributed by atoms with Gasteiger partial charge in [-0.3, -0.25) is 4.79 Å². The number of carbonyl (C=O) groups is 1. The van der Waals surface area contributed by atoms with Crippen molar-refractivity contribution in [2.75, 3.05) is 20.1 Å². The van der Waals surface area contributed by atoms with E-state index in [0.29, 0.717) is 12.5 Å². The number of amides is 1. The molecule has 106 valence electrons. The summed E-state index contributed by atoms with van der Waals surface area (Å²) in [6.45, 7) is 5.63. The maximum atomic E-state index is 12.6. The van der Waals surface area contributed by atoms with Crippen LogP contribution < -0.4 is 5.73 Å². The van der Waals surface area contributed by atoms with Crippen LogP contribution in [0, 0.1) is 5.92 Å². The molecule has 0 aliphatic rings. The summed E-state index contributed by atoms with van der Waals surface area (Å²) in [5.41, 5.74) is 6.62. The van der Waals surface area contributed by atoms with Crippen LogP contribution >= 0.6 is 0 Å². The van der Waals surface area contributed by atoms with Gasteiger partial charge in [0.25, 0.3) is 0 Å². The lowest BCUT2D eigenvalue weighted by Gasteiger charge is -2.28. The molecule has 1 amide bonds. The summed E-state index contributed by atoms with van der Waals surface area (Å²) < 4.78 is 0. The van der Waals surface area contributed by atoms with Crippen molar-refractivity contribution >= 4 is 5.91 Å². The predicted molar refractivity (Wildman–Crippen MR) is 79.9 cm³/mol. The monoisotopic (exact) mass is 262 g/mol. The molecule has 2 N–H and O–H groups in total. The van der Waals surface area contributed by atoms with E-state index in [1.165, 1.54) is 0 Å². The first-order valence-electron chi connectivity index (χ1n) is 7.11. The van der Waals surface area contributed by atoms with E-state index in [9.17, 15) is 4.79 Å². The number of rotatable bonds is 7. The molecule has 19 heavy (non-hydrogen) atoms. The third-order valence-electron chi connectivity index (χ3n) is 3.71. The predicted octanol–water partition coefficient (Wildman–Crippen LogP) is 2.62. The molecule has 0 aliphatic carbocycles. The number of likely N-dealkylation sites (N-methyl/N-ethyl adjacent to an activating group) is 1. The molecule has 0 heterocycles. The Morgan fingerprint density at radius 3 is 2.47 bits per heavy atom. The van der Waals surface area contributed by atoms with E-state index in [1.807, 2.05) is 42.3 Å². The largest absolute Gasteiger partial charge is 0.345 e. The SMILES string of the molecule is CCC(C)C(C(=O)N(C)CCCN)c1ccccc1. The van der Waals surface area contributed by atoms with Gasteiger partial charge >= 0.3 is 0 Å². The third kappa shape index (κ3) is 4.35. The van der Waals surface area contributed by atoms with Crippen molar-refractivity contribution in [3.63, 3.8) is 0 Å². The summed E-state index contributed by atoms with van der Waals surface area (Å²) in [4.78, 5) is 14.5. The highest BCUT2D eigenvalue weighted by Crippen LogP contribution is 2.28. The zero-order valence-corrected chi connectivity index (χ0v) is 12.3. The molecule has 0 aliphatic heterocycles. The van der Waals surface area contributed by atoms with E-state index in [2.05, 4.69) is 13.8 Å². The molecule has 0 fully saturated rings. The van der Waals surface area contributed by atoms with Gasteiger partial charge in [-0.05, 0) is 24.4 Å². The zero-order valence-electron chi connectivity index (χ0n) is 12.3. The molecule has 1 rings (SSSR count). The quantitative estimate of drug-likeness (QED) is 0.821. The van der Waals surface area contributed by atoms with Gasteiger partial charge in [0.15, 0.2) is 0 Å². The third-order valence-corrected chi connectivity index (χ3v) is 3.71. The lowest BCUT2D eigenvalue weighted by atomic mass is 9.84. The van der Waals surface area contributed by atoms with Crippen molar-refractivity contribution in [2.24, 2.45) is 11.7 Å². The molecule has 2 unspecified atom stereocenters. The first-order chi connectivity index (χ1) is 9.11. The second-order valence-corrected chi connectivity index (χ2v) is 5.18. The van der Waals surface area contributed by atoms with Crippen LogP contribution in [0.4, 0.5) is 0 Å².